The molecule has 0 atom stereocenters. The Morgan fingerprint density at radius 2 is 2.45 bits per heavy atom. The molecule has 0 unspecified atom stereocenters. The van der Waals surface area contributed by atoms with Gasteiger partial charge in [-0.1, -0.05) is 12.0 Å². The summed E-state index contributed by atoms with van der Waals surface area (Å²) in [6.07, 6.45) is 5.03. The van der Waals surface area contributed by atoms with Crippen molar-refractivity contribution in [3.8, 4) is 29.6 Å². The van der Waals surface area contributed by atoms with Crippen LogP contribution in [0.3, 0.4) is 0 Å². The summed E-state index contributed by atoms with van der Waals surface area (Å²) in [5, 5.41) is 0. The first-order chi connectivity index (χ1) is 5.42. The van der Waals surface area contributed by atoms with Gasteiger partial charge >= 0.3 is 0 Å². The second-order valence-corrected chi connectivity index (χ2v) is 2.18. The van der Waals surface area contributed by atoms with E-state index >= 15 is 0 Å². The zero-order valence-electron chi connectivity index (χ0n) is 5.83. The van der Waals surface area contributed by atoms with Gasteiger partial charge in [0.15, 0.2) is 11.5 Å². The number of ether oxygens (including phenoxy) is 2. The van der Waals surface area contributed by atoms with Crippen molar-refractivity contribution in [2.45, 2.75) is 0 Å². The second kappa shape index (κ2) is 2.21. The SMILES string of the molecule is C#CCOc1cccc2c1O2. The minimum atomic E-state index is 0.291. The van der Waals surface area contributed by atoms with Crippen LogP contribution in [0.5, 0.6) is 17.2 Å². The number of para-hydroxylation sites is 1. The molecule has 0 spiro atoms. The van der Waals surface area contributed by atoms with Gasteiger partial charge in [-0.2, -0.15) is 0 Å². The number of rotatable bonds is 2. The maximum absolute atomic E-state index is 5.18. The van der Waals surface area contributed by atoms with E-state index in [1.54, 1.807) is 0 Å². The van der Waals surface area contributed by atoms with Crippen molar-refractivity contribution in [3.63, 3.8) is 0 Å². The highest BCUT2D eigenvalue weighted by atomic mass is 16.6. The molecule has 54 valence electrons. The first kappa shape index (κ1) is 6.11. The lowest BCUT2D eigenvalue weighted by molar-refractivity contribution is 0.366. The summed E-state index contributed by atoms with van der Waals surface area (Å²) in [5.74, 6) is 4.84. The summed E-state index contributed by atoms with van der Waals surface area (Å²) < 4.78 is 10.2. The Kier molecular flexibility index (Phi) is 1.23. The molecule has 1 heterocycles. The summed E-state index contributed by atoms with van der Waals surface area (Å²) in [4.78, 5) is 0. The molecule has 11 heavy (non-hydrogen) atoms. The standard InChI is InChI=1S/C9H6O2/c1-2-6-10-7-4-3-5-8-9(7)11-8/h1,3-5H,6H2. The fourth-order valence-corrected chi connectivity index (χ4v) is 0.898. The molecule has 1 aromatic carbocycles. The highest BCUT2D eigenvalue weighted by Crippen LogP contribution is 2.51. The lowest BCUT2D eigenvalue weighted by atomic mass is 10.3. The van der Waals surface area contributed by atoms with Gasteiger partial charge < -0.3 is 9.47 Å². The fourth-order valence-electron chi connectivity index (χ4n) is 0.898. The van der Waals surface area contributed by atoms with Gasteiger partial charge in [0, 0.05) is 0 Å². The van der Waals surface area contributed by atoms with Crippen molar-refractivity contribution in [2.24, 2.45) is 0 Å². The third-order valence-corrected chi connectivity index (χ3v) is 1.42. The Morgan fingerprint density at radius 1 is 1.55 bits per heavy atom. The third kappa shape index (κ3) is 1.01. The molecule has 0 aliphatic carbocycles. The molecule has 1 aliphatic rings. The lowest BCUT2D eigenvalue weighted by Crippen LogP contribution is -1.91. The van der Waals surface area contributed by atoms with Gasteiger partial charge in [0.05, 0.1) is 0 Å². The van der Waals surface area contributed by atoms with Crippen LogP contribution < -0.4 is 9.47 Å². The molecular weight excluding hydrogens is 140 g/mol. The minimum Gasteiger partial charge on any atom is -0.477 e. The molecule has 0 radical (unpaired) electrons. The predicted molar refractivity (Wildman–Crippen MR) is 40.8 cm³/mol. The Bertz CT molecular complexity index is 323. The van der Waals surface area contributed by atoms with Crippen molar-refractivity contribution in [1.82, 2.24) is 0 Å². The lowest BCUT2D eigenvalue weighted by Gasteiger charge is -1.96. The summed E-state index contributed by atoms with van der Waals surface area (Å²) in [6, 6.07) is 5.60. The molecule has 0 saturated carbocycles. The van der Waals surface area contributed by atoms with Gasteiger partial charge in [-0.05, 0) is 12.1 Å². The van der Waals surface area contributed by atoms with E-state index in [9.17, 15) is 0 Å². The van der Waals surface area contributed by atoms with E-state index in [0.29, 0.717) is 6.61 Å². The zero-order chi connectivity index (χ0) is 7.68. The number of hydrogen-bond donors (Lipinski definition) is 0. The van der Waals surface area contributed by atoms with Crippen molar-refractivity contribution < 1.29 is 9.47 Å². The smallest absolute Gasteiger partial charge is 0.211 e. The van der Waals surface area contributed by atoms with E-state index < -0.39 is 0 Å². The fraction of sp³-hybridized carbons (Fsp3) is 0.111. The molecule has 0 amide bonds. The van der Waals surface area contributed by atoms with Crippen LogP contribution in [0.25, 0.3) is 0 Å². The molecule has 1 aliphatic heterocycles. The highest BCUT2D eigenvalue weighted by molar-refractivity contribution is 5.62. The number of terminal acetylenes is 1. The maximum atomic E-state index is 5.18. The second-order valence-electron chi connectivity index (χ2n) is 2.18. The van der Waals surface area contributed by atoms with E-state index in [4.69, 9.17) is 15.9 Å². The number of benzene rings is 1. The Hall–Kier alpha value is -1.62. The van der Waals surface area contributed by atoms with Gasteiger partial charge in [0.2, 0.25) is 5.75 Å². The minimum absolute atomic E-state index is 0.291. The third-order valence-electron chi connectivity index (χ3n) is 1.42. The van der Waals surface area contributed by atoms with Crippen LogP contribution in [0.15, 0.2) is 18.2 Å². The Morgan fingerprint density at radius 3 is 3.27 bits per heavy atom. The first-order valence-corrected chi connectivity index (χ1v) is 3.29. The monoisotopic (exact) mass is 146 g/mol. The quantitative estimate of drug-likeness (QED) is 0.476. The molecule has 2 heteroatoms. The number of fused-ring (bicyclic) bond motifs is 1. The predicted octanol–water partition coefficient (Wildman–Crippen LogP) is 1.80. The first-order valence-electron chi connectivity index (χ1n) is 3.29. The van der Waals surface area contributed by atoms with Crippen molar-refractivity contribution in [3.05, 3.63) is 18.2 Å². The normalized spacial score (nSPS) is 10.8. The molecule has 2 nitrogen and oxygen atoms in total. The van der Waals surface area contributed by atoms with Crippen LogP contribution in [0.4, 0.5) is 0 Å². The highest BCUT2D eigenvalue weighted by Gasteiger charge is 2.24. The van der Waals surface area contributed by atoms with Crippen LogP contribution in [0, 0.1) is 12.3 Å². The van der Waals surface area contributed by atoms with Crippen LogP contribution in [0.2, 0.25) is 0 Å². The van der Waals surface area contributed by atoms with Crippen LogP contribution in [0.1, 0.15) is 0 Å². The molecule has 1 aromatic rings. The van der Waals surface area contributed by atoms with E-state index in [0.717, 1.165) is 17.2 Å². The van der Waals surface area contributed by atoms with E-state index in [2.05, 4.69) is 5.92 Å². The van der Waals surface area contributed by atoms with Gasteiger partial charge in [0.25, 0.3) is 0 Å². The van der Waals surface area contributed by atoms with E-state index in [1.165, 1.54) is 0 Å². The van der Waals surface area contributed by atoms with Crippen LogP contribution >= 0.6 is 0 Å². The molecule has 0 aromatic heterocycles. The Labute approximate surface area is 64.7 Å². The zero-order valence-corrected chi connectivity index (χ0v) is 5.83. The van der Waals surface area contributed by atoms with Crippen molar-refractivity contribution in [2.75, 3.05) is 6.61 Å². The number of hydrogen-bond acceptors (Lipinski definition) is 2. The summed E-state index contributed by atoms with van der Waals surface area (Å²) in [7, 11) is 0. The van der Waals surface area contributed by atoms with E-state index in [1.807, 2.05) is 18.2 Å². The molecule has 0 bridgehead atoms. The largest absolute Gasteiger partial charge is 0.477 e. The van der Waals surface area contributed by atoms with Crippen LogP contribution in [-0.2, 0) is 0 Å². The van der Waals surface area contributed by atoms with Crippen molar-refractivity contribution >= 4 is 0 Å². The topological polar surface area (TPSA) is 21.8 Å². The van der Waals surface area contributed by atoms with Gasteiger partial charge in [-0.15, -0.1) is 6.42 Å². The summed E-state index contributed by atoms with van der Waals surface area (Å²) >= 11 is 0. The van der Waals surface area contributed by atoms with Gasteiger partial charge in [-0.3, -0.25) is 0 Å². The molecular formula is C9H6O2. The van der Waals surface area contributed by atoms with Gasteiger partial charge in [-0.25, -0.2) is 0 Å². The van der Waals surface area contributed by atoms with Crippen molar-refractivity contribution in [1.29, 1.82) is 0 Å². The van der Waals surface area contributed by atoms with Crippen LogP contribution in [-0.4, -0.2) is 6.61 Å². The average molecular weight is 146 g/mol. The summed E-state index contributed by atoms with van der Waals surface area (Å²) in [6.45, 7) is 0.291. The Balaban J connectivity index is 2.16. The molecule has 0 N–H and O–H groups in total. The molecule has 0 fully saturated rings. The van der Waals surface area contributed by atoms with E-state index in [-0.39, 0.29) is 0 Å². The molecule has 2 rings (SSSR count). The van der Waals surface area contributed by atoms with Gasteiger partial charge in [0.1, 0.15) is 6.61 Å². The summed E-state index contributed by atoms with van der Waals surface area (Å²) in [5.41, 5.74) is 0. The average Bonchev–Trinajstić information content (AvgIpc) is 2.79. The molecule has 0 saturated heterocycles. The maximum Gasteiger partial charge on any atom is 0.211 e.